The second kappa shape index (κ2) is 9.32. The van der Waals surface area contributed by atoms with Crippen LogP contribution >= 0.6 is 22.9 Å². The lowest BCUT2D eigenvalue weighted by Gasteiger charge is -2.38. The Kier molecular flexibility index (Phi) is 7.02. The molecule has 0 spiro atoms. The van der Waals surface area contributed by atoms with Crippen LogP contribution in [0.25, 0.3) is 0 Å². The predicted molar refractivity (Wildman–Crippen MR) is 109 cm³/mol. The van der Waals surface area contributed by atoms with Gasteiger partial charge in [-0.1, -0.05) is 17.7 Å². The van der Waals surface area contributed by atoms with Crippen molar-refractivity contribution in [2.45, 2.75) is 25.6 Å². The fraction of sp³-hybridized carbons (Fsp3) is 0.474. The monoisotopic (exact) mass is 446 g/mol. The normalized spacial score (nSPS) is 16.7. The fourth-order valence-corrected chi connectivity index (χ4v) is 4.21. The lowest BCUT2D eigenvalue weighted by molar-refractivity contribution is -0.137. The van der Waals surface area contributed by atoms with Gasteiger partial charge in [-0.25, -0.2) is 4.98 Å². The first-order chi connectivity index (χ1) is 13.8. The summed E-state index contributed by atoms with van der Waals surface area (Å²) in [5, 5.41) is 4.95. The summed E-state index contributed by atoms with van der Waals surface area (Å²) in [6.45, 7) is 4.71. The number of anilines is 1. The van der Waals surface area contributed by atoms with Crippen molar-refractivity contribution in [1.29, 1.82) is 0 Å². The van der Waals surface area contributed by atoms with Crippen LogP contribution in [0.3, 0.4) is 0 Å². The Morgan fingerprint density at radius 2 is 2.07 bits per heavy atom. The van der Waals surface area contributed by atoms with E-state index >= 15 is 0 Å². The highest BCUT2D eigenvalue weighted by atomic mass is 35.5. The molecule has 0 radical (unpaired) electrons. The van der Waals surface area contributed by atoms with E-state index in [0.29, 0.717) is 38.5 Å². The number of carbonyl (C=O) groups excluding carboxylic acids is 1. The Balaban J connectivity index is 1.50. The molecular formula is C19H22ClF3N4OS. The van der Waals surface area contributed by atoms with Crippen molar-refractivity contribution in [1.82, 2.24) is 15.2 Å². The molecule has 0 aliphatic carbocycles. The number of pyridine rings is 1. The van der Waals surface area contributed by atoms with Crippen LogP contribution in [-0.4, -0.2) is 54.6 Å². The third kappa shape index (κ3) is 5.61. The molecule has 3 rings (SSSR count). The molecule has 10 heteroatoms. The van der Waals surface area contributed by atoms with Crippen LogP contribution in [0.1, 0.15) is 17.4 Å². The summed E-state index contributed by atoms with van der Waals surface area (Å²) < 4.78 is 38.3. The van der Waals surface area contributed by atoms with E-state index in [9.17, 15) is 18.0 Å². The van der Waals surface area contributed by atoms with Gasteiger partial charge in [-0.2, -0.15) is 13.2 Å². The lowest BCUT2D eigenvalue weighted by Crippen LogP contribution is -2.54. The molecule has 1 saturated heterocycles. The van der Waals surface area contributed by atoms with Crippen molar-refractivity contribution in [3.8, 4) is 0 Å². The Hall–Kier alpha value is -1.84. The van der Waals surface area contributed by atoms with E-state index in [1.54, 1.807) is 11.3 Å². The first-order valence-corrected chi connectivity index (χ1v) is 10.5. The molecule has 5 nitrogen and oxygen atoms in total. The van der Waals surface area contributed by atoms with Crippen molar-refractivity contribution in [3.63, 3.8) is 0 Å². The third-order valence-electron chi connectivity index (χ3n) is 4.94. The molecule has 1 unspecified atom stereocenters. The van der Waals surface area contributed by atoms with E-state index in [0.717, 1.165) is 18.7 Å². The van der Waals surface area contributed by atoms with Crippen molar-refractivity contribution < 1.29 is 18.0 Å². The second-order valence-corrected chi connectivity index (χ2v) is 8.29. The molecule has 1 N–H and O–H groups in total. The zero-order valence-corrected chi connectivity index (χ0v) is 17.4. The predicted octanol–water partition coefficient (Wildman–Crippen LogP) is 3.68. The average molecular weight is 447 g/mol. The maximum absolute atomic E-state index is 12.8. The molecule has 3 heterocycles. The topological polar surface area (TPSA) is 48.5 Å². The van der Waals surface area contributed by atoms with E-state index < -0.39 is 11.7 Å². The smallest absolute Gasteiger partial charge is 0.354 e. The molecule has 2 aromatic rings. The van der Waals surface area contributed by atoms with E-state index in [4.69, 9.17) is 11.6 Å². The number of hydrogen-bond donors (Lipinski definition) is 1. The Bertz CT molecular complexity index is 823. The number of carbonyl (C=O) groups is 1. The summed E-state index contributed by atoms with van der Waals surface area (Å²) in [6, 6.07) is 4.65. The van der Waals surface area contributed by atoms with Gasteiger partial charge in [-0.15, -0.1) is 11.3 Å². The first-order valence-electron chi connectivity index (χ1n) is 9.27. The SMILES string of the molecule is CC(C(=O)NCCc1cccs1)N1CCN(c2ncc(C(F)(F)F)cc2Cl)CC1. The van der Waals surface area contributed by atoms with Crippen molar-refractivity contribution >= 4 is 34.7 Å². The quantitative estimate of drug-likeness (QED) is 0.735. The molecule has 1 amide bonds. The minimum absolute atomic E-state index is 0.0207. The highest BCUT2D eigenvalue weighted by molar-refractivity contribution is 7.09. The zero-order chi connectivity index (χ0) is 21.0. The highest BCUT2D eigenvalue weighted by Gasteiger charge is 2.33. The van der Waals surface area contributed by atoms with E-state index in [1.165, 1.54) is 4.88 Å². The minimum Gasteiger partial charge on any atom is -0.354 e. The van der Waals surface area contributed by atoms with Gasteiger partial charge >= 0.3 is 6.18 Å². The molecule has 1 atom stereocenters. The van der Waals surface area contributed by atoms with Gasteiger partial charge in [0, 0.05) is 43.8 Å². The summed E-state index contributed by atoms with van der Waals surface area (Å²) in [5.74, 6) is 0.313. The van der Waals surface area contributed by atoms with Crippen LogP contribution in [0.5, 0.6) is 0 Å². The zero-order valence-electron chi connectivity index (χ0n) is 15.9. The molecule has 2 aromatic heterocycles. The Morgan fingerprint density at radius 3 is 2.66 bits per heavy atom. The first kappa shape index (κ1) is 21.9. The van der Waals surface area contributed by atoms with Gasteiger partial charge in [0.2, 0.25) is 5.91 Å². The van der Waals surface area contributed by atoms with Gasteiger partial charge in [-0.05, 0) is 30.9 Å². The van der Waals surface area contributed by atoms with Crippen LogP contribution in [0.4, 0.5) is 19.0 Å². The summed E-state index contributed by atoms with van der Waals surface area (Å²) in [6.07, 6.45) is -2.86. The number of nitrogens with zero attached hydrogens (tertiary/aromatic N) is 3. The van der Waals surface area contributed by atoms with E-state index in [-0.39, 0.29) is 17.0 Å². The number of halogens is 4. The van der Waals surface area contributed by atoms with Gasteiger partial charge in [0.05, 0.1) is 16.6 Å². The van der Waals surface area contributed by atoms with Crippen LogP contribution in [0.15, 0.2) is 29.8 Å². The Morgan fingerprint density at radius 1 is 1.34 bits per heavy atom. The third-order valence-corrected chi connectivity index (χ3v) is 6.16. The van der Waals surface area contributed by atoms with Crippen molar-refractivity contribution in [2.24, 2.45) is 0 Å². The number of rotatable bonds is 6. The lowest BCUT2D eigenvalue weighted by atomic mass is 10.2. The highest BCUT2D eigenvalue weighted by Crippen LogP contribution is 2.33. The van der Waals surface area contributed by atoms with Crippen LogP contribution < -0.4 is 10.2 Å². The number of piperazine rings is 1. The molecule has 158 valence electrons. The van der Waals surface area contributed by atoms with Crippen molar-refractivity contribution in [2.75, 3.05) is 37.6 Å². The number of aromatic nitrogens is 1. The van der Waals surface area contributed by atoms with Gasteiger partial charge in [-0.3, -0.25) is 9.69 Å². The van der Waals surface area contributed by atoms with Gasteiger partial charge in [0.15, 0.2) is 0 Å². The standard InChI is InChI=1S/C19H22ClF3N4OS/c1-13(18(28)24-5-4-15-3-2-10-29-15)26-6-8-27(9-7-26)17-16(20)11-14(12-25-17)19(21,22)23/h2-3,10-13H,4-9H2,1H3,(H,24,28). The van der Waals surface area contributed by atoms with E-state index in [2.05, 4.69) is 15.2 Å². The summed E-state index contributed by atoms with van der Waals surface area (Å²) in [4.78, 5) is 21.4. The number of amides is 1. The number of thiophene rings is 1. The van der Waals surface area contributed by atoms with Crippen LogP contribution in [0, 0.1) is 0 Å². The summed E-state index contributed by atoms with van der Waals surface area (Å²) >= 11 is 7.70. The maximum atomic E-state index is 12.8. The van der Waals surface area contributed by atoms with Gasteiger partial charge in [0.25, 0.3) is 0 Å². The van der Waals surface area contributed by atoms with E-state index in [1.807, 2.05) is 29.3 Å². The van der Waals surface area contributed by atoms with Gasteiger partial charge in [0.1, 0.15) is 5.82 Å². The summed E-state index contributed by atoms with van der Waals surface area (Å²) in [5.41, 5.74) is -0.863. The molecule has 29 heavy (non-hydrogen) atoms. The average Bonchev–Trinajstić information content (AvgIpc) is 3.20. The largest absolute Gasteiger partial charge is 0.417 e. The molecular weight excluding hydrogens is 425 g/mol. The molecule has 0 saturated carbocycles. The summed E-state index contributed by atoms with van der Waals surface area (Å²) in [7, 11) is 0. The van der Waals surface area contributed by atoms with Crippen molar-refractivity contribution in [3.05, 3.63) is 45.2 Å². The number of hydrogen-bond acceptors (Lipinski definition) is 5. The second-order valence-electron chi connectivity index (χ2n) is 6.85. The fourth-order valence-electron chi connectivity index (χ4n) is 3.22. The Labute approximate surface area is 176 Å². The van der Waals surface area contributed by atoms with Crippen LogP contribution in [-0.2, 0) is 17.4 Å². The molecule has 0 bridgehead atoms. The maximum Gasteiger partial charge on any atom is 0.417 e. The van der Waals surface area contributed by atoms with Gasteiger partial charge < -0.3 is 10.2 Å². The minimum atomic E-state index is -4.47. The number of alkyl halides is 3. The molecule has 1 aliphatic rings. The molecule has 1 aliphatic heterocycles. The molecule has 1 fully saturated rings. The van der Waals surface area contributed by atoms with Crippen LogP contribution in [0.2, 0.25) is 5.02 Å². The molecule has 0 aromatic carbocycles. The number of nitrogens with one attached hydrogen (secondary N) is 1.